The van der Waals surface area contributed by atoms with Gasteiger partial charge in [-0.2, -0.15) is 5.10 Å². The molecule has 36 heavy (non-hydrogen) atoms. The van der Waals surface area contributed by atoms with Crippen molar-refractivity contribution in [1.82, 2.24) is 14.0 Å². The fourth-order valence-electron chi connectivity index (χ4n) is 3.93. The van der Waals surface area contributed by atoms with Crippen LogP contribution >= 0.6 is 27.3 Å². The van der Waals surface area contributed by atoms with E-state index in [0.717, 1.165) is 32.9 Å². The van der Waals surface area contributed by atoms with E-state index < -0.39 is 0 Å². The minimum absolute atomic E-state index is 0.187. The number of furan rings is 1. The lowest BCUT2D eigenvalue weighted by atomic mass is 10.2. The summed E-state index contributed by atoms with van der Waals surface area (Å²) in [6.45, 7) is 5.69. The molecular weight excluding hydrogens is 538 g/mol. The second-order valence-corrected chi connectivity index (χ2v) is 10.1. The van der Waals surface area contributed by atoms with Gasteiger partial charge in [-0.05, 0) is 57.2 Å². The molecule has 0 bridgehead atoms. The number of halogens is 1. The molecule has 0 unspecified atom stereocenters. The lowest BCUT2D eigenvalue weighted by Gasteiger charge is -2.07. The van der Waals surface area contributed by atoms with Crippen LogP contribution in [0.3, 0.4) is 0 Å². The van der Waals surface area contributed by atoms with Gasteiger partial charge in [-0.15, -0.1) is 11.3 Å². The molecule has 3 heterocycles. The molecule has 5 aromatic rings. The first-order valence-electron chi connectivity index (χ1n) is 11.3. The van der Waals surface area contributed by atoms with Crippen LogP contribution < -0.4 is 10.4 Å². The summed E-state index contributed by atoms with van der Waals surface area (Å²) in [6, 6.07) is 21.4. The van der Waals surface area contributed by atoms with Gasteiger partial charge >= 0.3 is 0 Å². The van der Waals surface area contributed by atoms with Crippen molar-refractivity contribution in [2.45, 2.75) is 20.8 Å². The number of hydrogen-bond donors (Lipinski definition) is 0. The van der Waals surface area contributed by atoms with Gasteiger partial charge in [-0.3, -0.25) is 9.48 Å². The smallest absolute Gasteiger partial charge is 0.297 e. The third-order valence-corrected chi connectivity index (χ3v) is 7.19. The second-order valence-electron chi connectivity index (χ2n) is 8.34. The predicted octanol–water partition coefficient (Wildman–Crippen LogP) is 6.18. The van der Waals surface area contributed by atoms with Gasteiger partial charge in [0.15, 0.2) is 5.69 Å². The molecule has 9 heteroatoms. The van der Waals surface area contributed by atoms with E-state index in [1.54, 1.807) is 9.36 Å². The number of thiazole rings is 1. The van der Waals surface area contributed by atoms with Gasteiger partial charge in [-0.25, -0.2) is 14.4 Å². The summed E-state index contributed by atoms with van der Waals surface area (Å²) in [5.41, 5.74) is 4.26. The lowest BCUT2D eigenvalue weighted by molar-refractivity contribution is 0.524. The van der Waals surface area contributed by atoms with Gasteiger partial charge in [0.25, 0.3) is 5.56 Å². The number of nitrogens with zero attached hydrogens (tertiary/aromatic N) is 5. The SMILES string of the molecule is CC(=Nn1c(-c2cccc(Br)c2)csc1=Nc1c(C)n(C)n(-c2ccccc2)c1=O)c1ccc(C)o1. The number of para-hydroxylation sites is 1. The largest absolute Gasteiger partial charge is 0.460 e. The second kappa shape index (κ2) is 9.75. The van der Waals surface area contributed by atoms with Gasteiger partial charge in [-0.1, -0.05) is 46.3 Å². The highest BCUT2D eigenvalue weighted by molar-refractivity contribution is 9.10. The quantitative estimate of drug-likeness (QED) is 0.240. The van der Waals surface area contributed by atoms with Crippen LogP contribution in [-0.4, -0.2) is 19.8 Å². The van der Waals surface area contributed by atoms with Gasteiger partial charge in [0, 0.05) is 22.5 Å². The van der Waals surface area contributed by atoms with Crippen LogP contribution in [0.1, 0.15) is 24.1 Å². The van der Waals surface area contributed by atoms with Gasteiger partial charge in [0.2, 0.25) is 4.80 Å². The molecule has 0 aliphatic heterocycles. The van der Waals surface area contributed by atoms with Crippen molar-refractivity contribution in [2.75, 3.05) is 0 Å². The average molecular weight is 562 g/mol. The standard InChI is InChI=1S/C27H24BrN5O2S/c1-17-13-14-24(35-17)18(2)30-32-23(20-9-8-10-21(28)15-20)16-36-27(32)29-25-19(3)31(4)33(26(25)34)22-11-6-5-7-12-22/h5-16H,1-4H3. The zero-order valence-electron chi connectivity index (χ0n) is 20.3. The van der Waals surface area contributed by atoms with Gasteiger partial charge in [0.1, 0.15) is 17.2 Å². The first-order chi connectivity index (χ1) is 17.3. The normalized spacial score (nSPS) is 12.5. The van der Waals surface area contributed by atoms with E-state index in [1.807, 2.05) is 105 Å². The maximum absolute atomic E-state index is 13.5. The van der Waals surface area contributed by atoms with Crippen LogP contribution in [0.25, 0.3) is 16.9 Å². The molecule has 0 aliphatic rings. The van der Waals surface area contributed by atoms with Crippen LogP contribution in [0.2, 0.25) is 0 Å². The van der Waals surface area contributed by atoms with Crippen molar-refractivity contribution in [1.29, 1.82) is 0 Å². The molecule has 0 fully saturated rings. The monoisotopic (exact) mass is 561 g/mol. The molecular formula is C27H24BrN5O2S. The fourth-order valence-corrected chi connectivity index (χ4v) is 5.16. The Morgan fingerprint density at radius 1 is 1.03 bits per heavy atom. The first-order valence-corrected chi connectivity index (χ1v) is 13.0. The molecule has 7 nitrogen and oxygen atoms in total. The maximum atomic E-state index is 13.5. The summed E-state index contributed by atoms with van der Waals surface area (Å²) in [5, 5.41) is 6.88. The fraction of sp³-hybridized carbons (Fsp3) is 0.148. The molecule has 0 N–H and O–H groups in total. The van der Waals surface area contributed by atoms with Crippen LogP contribution in [0, 0.1) is 13.8 Å². The zero-order valence-corrected chi connectivity index (χ0v) is 22.7. The van der Waals surface area contributed by atoms with Crippen molar-refractivity contribution in [3.8, 4) is 16.9 Å². The van der Waals surface area contributed by atoms with Gasteiger partial charge < -0.3 is 4.42 Å². The zero-order chi connectivity index (χ0) is 25.4. The molecule has 0 radical (unpaired) electrons. The van der Waals surface area contributed by atoms with Crippen LogP contribution in [0.5, 0.6) is 0 Å². The van der Waals surface area contributed by atoms with E-state index >= 15 is 0 Å². The minimum Gasteiger partial charge on any atom is -0.460 e. The van der Waals surface area contributed by atoms with Crippen molar-refractivity contribution >= 4 is 38.7 Å². The summed E-state index contributed by atoms with van der Waals surface area (Å²) in [6.07, 6.45) is 0. The molecule has 0 saturated carbocycles. The molecule has 0 saturated heterocycles. The van der Waals surface area contributed by atoms with E-state index in [0.29, 0.717) is 22.0 Å². The summed E-state index contributed by atoms with van der Waals surface area (Å²) < 4.78 is 12.0. The predicted molar refractivity (Wildman–Crippen MR) is 147 cm³/mol. The molecule has 3 aromatic heterocycles. The number of aryl methyl sites for hydroxylation is 1. The van der Waals surface area contributed by atoms with Crippen molar-refractivity contribution < 1.29 is 4.42 Å². The number of rotatable bonds is 5. The van der Waals surface area contributed by atoms with E-state index in [-0.39, 0.29) is 5.56 Å². The summed E-state index contributed by atoms with van der Waals surface area (Å²) >= 11 is 4.99. The number of benzene rings is 2. The van der Waals surface area contributed by atoms with Crippen LogP contribution in [0.15, 0.2) is 95.9 Å². The summed E-state index contributed by atoms with van der Waals surface area (Å²) in [4.78, 5) is 18.9. The van der Waals surface area contributed by atoms with Crippen LogP contribution in [-0.2, 0) is 7.05 Å². The van der Waals surface area contributed by atoms with Crippen molar-refractivity contribution in [2.24, 2.45) is 17.1 Å². The minimum atomic E-state index is -0.187. The molecule has 182 valence electrons. The highest BCUT2D eigenvalue weighted by atomic mass is 79.9. The third-order valence-electron chi connectivity index (χ3n) is 5.88. The molecule has 0 amide bonds. The number of aromatic nitrogens is 3. The highest BCUT2D eigenvalue weighted by Gasteiger charge is 2.17. The van der Waals surface area contributed by atoms with E-state index in [2.05, 4.69) is 15.9 Å². The molecule has 0 atom stereocenters. The van der Waals surface area contributed by atoms with Gasteiger partial charge in [0.05, 0.1) is 17.1 Å². The Morgan fingerprint density at radius 2 is 1.81 bits per heavy atom. The average Bonchev–Trinajstić information content (AvgIpc) is 3.53. The molecule has 0 spiro atoms. The third kappa shape index (κ3) is 4.47. The topological polar surface area (TPSA) is 69.7 Å². The maximum Gasteiger partial charge on any atom is 0.297 e. The summed E-state index contributed by atoms with van der Waals surface area (Å²) in [7, 11) is 1.86. The van der Waals surface area contributed by atoms with Crippen molar-refractivity contribution in [3.63, 3.8) is 0 Å². The first kappa shape index (κ1) is 24.0. The number of hydrogen-bond acceptors (Lipinski definition) is 5. The molecule has 5 rings (SSSR count). The Balaban J connectivity index is 1.73. The van der Waals surface area contributed by atoms with Crippen molar-refractivity contribution in [3.05, 3.63) is 109 Å². The lowest BCUT2D eigenvalue weighted by Crippen LogP contribution is -2.20. The Bertz CT molecular complexity index is 1720. The summed E-state index contributed by atoms with van der Waals surface area (Å²) in [5.74, 6) is 1.49. The van der Waals surface area contributed by atoms with E-state index in [1.165, 1.54) is 11.3 Å². The van der Waals surface area contributed by atoms with E-state index in [9.17, 15) is 4.79 Å². The Hall–Kier alpha value is -3.69. The molecule has 0 aliphatic carbocycles. The Kier molecular flexibility index (Phi) is 6.51. The van der Waals surface area contributed by atoms with Crippen LogP contribution in [0.4, 0.5) is 5.69 Å². The Morgan fingerprint density at radius 3 is 2.50 bits per heavy atom. The molecule has 2 aromatic carbocycles. The Labute approximate surface area is 220 Å². The van der Waals surface area contributed by atoms with E-state index in [4.69, 9.17) is 14.5 Å². The highest BCUT2D eigenvalue weighted by Crippen LogP contribution is 2.25.